The third-order valence-electron chi connectivity index (χ3n) is 4.46. The summed E-state index contributed by atoms with van der Waals surface area (Å²) in [4.78, 5) is 0. The predicted octanol–water partition coefficient (Wildman–Crippen LogP) is 3.73. The summed E-state index contributed by atoms with van der Waals surface area (Å²) in [6, 6.07) is 15.1. The Morgan fingerprint density at radius 3 is 2.17 bits per heavy atom. The van der Waals surface area contributed by atoms with E-state index in [4.69, 9.17) is 4.65 Å². The first-order chi connectivity index (χ1) is 10.8. The summed E-state index contributed by atoms with van der Waals surface area (Å²) >= 11 is 0. The maximum atomic E-state index is 12.7. The molecule has 1 fully saturated rings. The summed E-state index contributed by atoms with van der Waals surface area (Å²) in [6.07, 6.45) is -4.44. The van der Waals surface area contributed by atoms with Crippen molar-refractivity contribution in [3.8, 4) is 0 Å². The zero-order valence-corrected chi connectivity index (χ0v) is 13.0. The number of rotatable bonds is 2. The lowest BCUT2D eigenvalue weighted by Gasteiger charge is -2.33. The first-order valence-corrected chi connectivity index (χ1v) is 7.66. The minimum absolute atomic E-state index is 0.0738. The van der Waals surface area contributed by atoms with Gasteiger partial charge in [0.1, 0.15) is 0 Å². The Bertz CT molecular complexity index is 674. The van der Waals surface area contributed by atoms with Gasteiger partial charge in [-0.15, -0.1) is 6.82 Å². The summed E-state index contributed by atoms with van der Waals surface area (Å²) in [5, 5.41) is 3.41. The lowest BCUT2D eigenvalue weighted by molar-refractivity contribution is -0.137. The van der Waals surface area contributed by atoms with Crippen LogP contribution in [0.2, 0.25) is 6.82 Å². The molecule has 1 aliphatic heterocycles. The van der Waals surface area contributed by atoms with E-state index in [-0.39, 0.29) is 12.1 Å². The molecule has 2 aromatic rings. The third kappa shape index (κ3) is 3.14. The molecule has 122 valence electrons. The topological polar surface area (TPSA) is 21.3 Å². The van der Waals surface area contributed by atoms with Crippen LogP contribution in [-0.2, 0) is 10.8 Å². The molecule has 0 saturated carbocycles. The molecule has 2 unspecified atom stereocenters. The van der Waals surface area contributed by atoms with E-state index in [9.17, 15) is 13.2 Å². The lowest BCUT2D eigenvalue weighted by Crippen LogP contribution is -2.56. The van der Waals surface area contributed by atoms with E-state index < -0.39 is 18.2 Å². The SMILES string of the molecule is CC1N[B@@-](C)(c2ccc(C(F)(F)F)cc2)OC1c1ccccc1. The molecule has 3 atom stereocenters. The van der Waals surface area contributed by atoms with Crippen LogP contribution < -0.4 is 10.7 Å². The van der Waals surface area contributed by atoms with Crippen molar-refractivity contribution in [1.82, 2.24) is 5.23 Å². The van der Waals surface area contributed by atoms with Gasteiger partial charge in [-0.25, -0.2) is 0 Å². The average Bonchev–Trinajstić information content (AvgIpc) is 2.84. The van der Waals surface area contributed by atoms with Crippen LogP contribution in [0.25, 0.3) is 0 Å². The Morgan fingerprint density at radius 1 is 1.00 bits per heavy atom. The molecule has 6 heteroatoms. The number of nitrogens with one attached hydrogen (secondary N) is 1. The average molecular weight is 320 g/mol. The van der Waals surface area contributed by atoms with E-state index in [1.54, 1.807) is 0 Å². The summed E-state index contributed by atoms with van der Waals surface area (Å²) in [6.45, 7) is 2.37. The first kappa shape index (κ1) is 16.1. The van der Waals surface area contributed by atoms with Gasteiger partial charge in [-0.1, -0.05) is 61.5 Å². The van der Waals surface area contributed by atoms with Crippen LogP contribution in [0, 0.1) is 0 Å². The number of benzene rings is 2. The van der Waals surface area contributed by atoms with E-state index in [1.165, 1.54) is 12.1 Å². The monoisotopic (exact) mass is 320 g/mol. The van der Waals surface area contributed by atoms with Gasteiger partial charge in [0.25, 0.3) is 0 Å². The molecule has 1 heterocycles. The number of alkyl halides is 3. The van der Waals surface area contributed by atoms with Gasteiger partial charge in [-0.2, -0.15) is 18.6 Å². The Labute approximate surface area is 133 Å². The summed E-state index contributed by atoms with van der Waals surface area (Å²) in [5.74, 6) is 0. The van der Waals surface area contributed by atoms with Crippen molar-refractivity contribution in [3.63, 3.8) is 0 Å². The van der Waals surface area contributed by atoms with Crippen LogP contribution in [0.1, 0.15) is 24.2 Å². The van der Waals surface area contributed by atoms with Crippen molar-refractivity contribution >= 4 is 11.9 Å². The second-order valence-electron chi connectivity index (χ2n) is 6.24. The largest absolute Gasteiger partial charge is 0.567 e. The van der Waals surface area contributed by atoms with Crippen LogP contribution >= 0.6 is 0 Å². The maximum Gasteiger partial charge on any atom is 0.416 e. The Kier molecular flexibility index (Phi) is 3.98. The molecule has 0 radical (unpaired) electrons. The fourth-order valence-corrected chi connectivity index (χ4v) is 3.26. The highest BCUT2D eigenvalue weighted by Crippen LogP contribution is 2.32. The molecular weight excluding hydrogens is 302 g/mol. The summed E-state index contributed by atoms with van der Waals surface area (Å²) in [7, 11) is 0. The normalized spacial score (nSPS) is 28.0. The zero-order chi connectivity index (χ0) is 16.7. The molecule has 0 aromatic heterocycles. The fraction of sp³-hybridized carbons (Fsp3) is 0.294. The van der Waals surface area contributed by atoms with Gasteiger partial charge in [-0.05, 0) is 11.6 Å². The second-order valence-corrected chi connectivity index (χ2v) is 6.24. The lowest BCUT2D eigenvalue weighted by atomic mass is 9.49. The van der Waals surface area contributed by atoms with Crippen molar-refractivity contribution in [2.75, 3.05) is 0 Å². The van der Waals surface area contributed by atoms with Crippen molar-refractivity contribution in [3.05, 3.63) is 65.7 Å². The Balaban J connectivity index is 1.86. The minimum Gasteiger partial charge on any atom is -0.567 e. The fourth-order valence-electron chi connectivity index (χ4n) is 3.26. The number of hydrogen-bond acceptors (Lipinski definition) is 2. The van der Waals surface area contributed by atoms with Gasteiger partial charge < -0.3 is 9.88 Å². The van der Waals surface area contributed by atoms with Gasteiger partial charge >= 0.3 is 6.18 Å². The number of hydrogen-bond donors (Lipinski definition) is 1. The molecule has 1 saturated heterocycles. The summed E-state index contributed by atoms with van der Waals surface area (Å²) in [5.41, 5.74) is 1.15. The van der Waals surface area contributed by atoms with E-state index in [2.05, 4.69) is 5.23 Å². The van der Waals surface area contributed by atoms with E-state index in [0.29, 0.717) is 0 Å². The van der Waals surface area contributed by atoms with Crippen LogP contribution in [0.5, 0.6) is 0 Å². The molecule has 0 amide bonds. The molecule has 1 N–H and O–H groups in total. The molecule has 23 heavy (non-hydrogen) atoms. The van der Waals surface area contributed by atoms with Gasteiger partial charge in [0.2, 0.25) is 6.48 Å². The second kappa shape index (κ2) is 5.69. The molecule has 1 aliphatic rings. The molecule has 0 aliphatic carbocycles. The van der Waals surface area contributed by atoms with Gasteiger partial charge in [0.15, 0.2) is 0 Å². The van der Waals surface area contributed by atoms with Gasteiger partial charge in [0.05, 0.1) is 11.7 Å². The Hall–Kier alpha value is -1.79. The quantitative estimate of drug-likeness (QED) is 0.851. The van der Waals surface area contributed by atoms with E-state index >= 15 is 0 Å². The van der Waals surface area contributed by atoms with Crippen molar-refractivity contribution in [2.45, 2.75) is 32.1 Å². The highest BCUT2D eigenvalue weighted by atomic mass is 19.4. The van der Waals surface area contributed by atoms with Crippen molar-refractivity contribution < 1.29 is 17.8 Å². The minimum atomic E-state index is -4.32. The van der Waals surface area contributed by atoms with Gasteiger partial charge in [0, 0.05) is 0 Å². The molecule has 2 aromatic carbocycles. The highest BCUT2D eigenvalue weighted by Gasteiger charge is 2.37. The van der Waals surface area contributed by atoms with Crippen LogP contribution in [0.15, 0.2) is 54.6 Å². The smallest absolute Gasteiger partial charge is 0.416 e. The molecule has 2 nitrogen and oxygen atoms in total. The summed E-state index contributed by atoms with van der Waals surface area (Å²) < 4.78 is 44.3. The molecule has 0 spiro atoms. The van der Waals surface area contributed by atoms with Crippen molar-refractivity contribution in [1.29, 1.82) is 0 Å². The van der Waals surface area contributed by atoms with E-state index in [0.717, 1.165) is 23.2 Å². The highest BCUT2D eigenvalue weighted by molar-refractivity contribution is 6.83. The zero-order valence-electron chi connectivity index (χ0n) is 13.0. The third-order valence-corrected chi connectivity index (χ3v) is 4.46. The first-order valence-electron chi connectivity index (χ1n) is 7.66. The van der Waals surface area contributed by atoms with Crippen LogP contribution in [0.4, 0.5) is 13.2 Å². The van der Waals surface area contributed by atoms with Crippen LogP contribution in [0.3, 0.4) is 0 Å². The molecular formula is C17H18BF3NO-. The standard InChI is InChI=1S/C17H18BF3NO/c1-12-16(13-6-4-3-5-7-13)23-18(2,22-12)15-10-8-14(9-11-15)17(19,20)21/h3-12,16,22H,1-2H3/q-1/t12?,16?,18-/m1/s1. The van der Waals surface area contributed by atoms with Crippen LogP contribution in [-0.4, -0.2) is 12.5 Å². The maximum absolute atomic E-state index is 12.7. The van der Waals surface area contributed by atoms with Crippen molar-refractivity contribution in [2.24, 2.45) is 0 Å². The number of halogens is 3. The predicted molar refractivity (Wildman–Crippen MR) is 85.6 cm³/mol. The van der Waals surface area contributed by atoms with Gasteiger partial charge in [-0.3, -0.25) is 0 Å². The van der Waals surface area contributed by atoms with E-state index in [1.807, 2.05) is 44.1 Å². The molecule has 0 bridgehead atoms. The Morgan fingerprint density at radius 2 is 1.61 bits per heavy atom. The molecule has 3 rings (SSSR count).